The van der Waals surface area contributed by atoms with Gasteiger partial charge >= 0.3 is 0 Å². The molecule has 1 aromatic rings. The Morgan fingerprint density at radius 1 is 1.38 bits per heavy atom. The molecule has 0 aliphatic rings. The predicted octanol–water partition coefficient (Wildman–Crippen LogP) is 2.45. The summed E-state index contributed by atoms with van der Waals surface area (Å²) in [6.07, 6.45) is 0.856. The molecule has 0 amide bonds. The maximum absolute atomic E-state index is 13.7. The first kappa shape index (κ1) is 12.8. The third kappa shape index (κ3) is 2.47. The van der Waals surface area contributed by atoms with E-state index in [9.17, 15) is 8.78 Å². The SMILES string of the molecule is CCCN(C)c1ccc(C(N)=S)c(F)c1F. The molecule has 0 unspecified atom stereocenters. The van der Waals surface area contributed by atoms with Gasteiger partial charge in [0, 0.05) is 19.2 Å². The quantitative estimate of drug-likeness (QED) is 0.825. The highest BCUT2D eigenvalue weighted by molar-refractivity contribution is 7.80. The molecule has 0 saturated heterocycles. The molecule has 5 heteroatoms. The van der Waals surface area contributed by atoms with E-state index in [4.69, 9.17) is 5.73 Å². The van der Waals surface area contributed by atoms with Crippen LogP contribution in [0, 0.1) is 11.6 Å². The van der Waals surface area contributed by atoms with Crippen LogP contribution < -0.4 is 10.6 Å². The Hall–Kier alpha value is -1.23. The Morgan fingerprint density at radius 3 is 2.50 bits per heavy atom. The van der Waals surface area contributed by atoms with E-state index in [-0.39, 0.29) is 16.2 Å². The number of hydrogen-bond donors (Lipinski definition) is 1. The molecule has 0 aliphatic carbocycles. The Bertz CT molecular complexity index is 407. The molecule has 0 aliphatic heterocycles. The summed E-state index contributed by atoms with van der Waals surface area (Å²) in [6.45, 7) is 2.62. The molecule has 88 valence electrons. The van der Waals surface area contributed by atoms with Gasteiger partial charge in [-0.2, -0.15) is 0 Å². The van der Waals surface area contributed by atoms with Crippen LogP contribution in [0.2, 0.25) is 0 Å². The van der Waals surface area contributed by atoms with Crippen LogP contribution >= 0.6 is 12.2 Å². The number of anilines is 1. The smallest absolute Gasteiger partial charge is 0.182 e. The van der Waals surface area contributed by atoms with Gasteiger partial charge in [0.15, 0.2) is 11.6 Å². The molecule has 0 saturated carbocycles. The van der Waals surface area contributed by atoms with Gasteiger partial charge in [-0.15, -0.1) is 0 Å². The molecule has 1 aromatic carbocycles. The highest BCUT2D eigenvalue weighted by Crippen LogP contribution is 2.23. The summed E-state index contributed by atoms with van der Waals surface area (Å²) in [5.41, 5.74) is 5.45. The van der Waals surface area contributed by atoms with E-state index in [1.54, 1.807) is 11.9 Å². The van der Waals surface area contributed by atoms with Crippen LogP contribution in [0.15, 0.2) is 12.1 Å². The second-order valence-electron chi connectivity index (χ2n) is 3.55. The number of hydrogen-bond acceptors (Lipinski definition) is 2. The molecule has 0 aromatic heterocycles. The van der Waals surface area contributed by atoms with Gasteiger partial charge in [0.25, 0.3) is 0 Å². The zero-order chi connectivity index (χ0) is 12.3. The fraction of sp³-hybridized carbons (Fsp3) is 0.364. The summed E-state index contributed by atoms with van der Waals surface area (Å²) in [6, 6.07) is 2.89. The maximum atomic E-state index is 13.7. The summed E-state index contributed by atoms with van der Waals surface area (Å²) in [5.74, 6) is -1.88. The first-order valence-electron chi connectivity index (χ1n) is 4.98. The zero-order valence-electron chi connectivity index (χ0n) is 9.26. The van der Waals surface area contributed by atoms with Crippen LogP contribution in [0.3, 0.4) is 0 Å². The second kappa shape index (κ2) is 5.21. The van der Waals surface area contributed by atoms with E-state index >= 15 is 0 Å². The van der Waals surface area contributed by atoms with Gasteiger partial charge < -0.3 is 10.6 Å². The van der Waals surface area contributed by atoms with Gasteiger partial charge in [0.2, 0.25) is 0 Å². The molecule has 0 radical (unpaired) electrons. The van der Waals surface area contributed by atoms with Gasteiger partial charge in [-0.3, -0.25) is 0 Å². The molecule has 1 rings (SSSR count). The molecule has 2 N–H and O–H groups in total. The molecule has 2 nitrogen and oxygen atoms in total. The number of rotatable bonds is 4. The van der Waals surface area contributed by atoms with Crippen LogP contribution in [-0.4, -0.2) is 18.6 Å². The molecular weight excluding hydrogens is 230 g/mol. The van der Waals surface area contributed by atoms with Crippen molar-refractivity contribution >= 4 is 22.9 Å². The van der Waals surface area contributed by atoms with E-state index in [2.05, 4.69) is 12.2 Å². The molecule has 0 bridgehead atoms. The molecule has 0 spiro atoms. The Morgan fingerprint density at radius 2 is 2.00 bits per heavy atom. The predicted molar refractivity (Wildman–Crippen MR) is 65.8 cm³/mol. The van der Waals surface area contributed by atoms with Crippen molar-refractivity contribution < 1.29 is 8.78 Å². The number of nitrogens with two attached hydrogens (primary N) is 1. The van der Waals surface area contributed by atoms with Crippen LogP contribution in [0.5, 0.6) is 0 Å². The summed E-state index contributed by atoms with van der Waals surface area (Å²) in [4.78, 5) is 1.52. The van der Waals surface area contributed by atoms with Crippen LogP contribution in [0.4, 0.5) is 14.5 Å². The third-order valence-corrected chi connectivity index (χ3v) is 2.52. The summed E-state index contributed by atoms with van der Waals surface area (Å²) in [5, 5.41) is 0. The Kier molecular flexibility index (Phi) is 4.18. The summed E-state index contributed by atoms with van der Waals surface area (Å²) >= 11 is 4.63. The highest BCUT2D eigenvalue weighted by Gasteiger charge is 2.16. The fourth-order valence-corrected chi connectivity index (χ4v) is 1.64. The minimum Gasteiger partial charge on any atom is -0.389 e. The van der Waals surface area contributed by atoms with E-state index in [1.165, 1.54) is 12.1 Å². The van der Waals surface area contributed by atoms with Gasteiger partial charge in [0.05, 0.1) is 5.69 Å². The molecule has 0 heterocycles. The standard InChI is InChI=1S/C11H14F2N2S/c1-3-6-15(2)8-5-4-7(11(14)16)9(12)10(8)13/h4-5H,3,6H2,1-2H3,(H2,14,16). The van der Waals surface area contributed by atoms with Crippen molar-refractivity contribution in [3.05, 3.63) is 29.3 Å². The molecule has 0 atom stereocenters. The van der Waals surface area contributed by atoms with E-state index in [1.807, 2.05) is 6.92 Å². The van der Waals surface area contributed by atoms with Gasteiger partial charge in [-0.1, -0.05) is 19.1 Å². The first-order chi connectivity index (χ1) is 7.49. The van der Waals surface area contributed by atoms with Crippen molar-refractivity contribution in [3.8, 4) is 0 Å². The average molecular weight is 244 g/mol. The van der Waals surface area contributed by atoms with Crippen molar-refractivity contribution in [2.75, 3.05) is 18.5 Å². The minimum atomic E-state index is -0.979. The average Bonchev–Trinajstić information content (AvgIpc) is 2.21. The topological polar surface area (TPSA) is 29.3 Å². The van der Waals surface area contributed by atoms with Crippen LogP contribution in [0.25, 0.3) is 0 Å². The van der Waals surface area contributed by atoms with Gasteiger partial charge in [0.1, 0.15) is 4.99 Å². The van der Waals surface area contributed by atoms with Crippen molar-refractivity contribution in [2.45, 2.75) is 13.3 Å². The minimum absolute atomic E-state index is 0.0545. The fourth-order valence-electron chi connectivity index (χ4n) is 1.48. The van der Waals surface area contributed by atoms with E-state index in [0.29, 0.717) is 6.54 Å². The molecule has 16 heavy (non-hydrogen) atoms. The monoisotopic (exact) mass is 244 g/mol. The lowest BCUT2D eigenvalue weighted by molar-refractivity contribution is 0.506. The lowest BCUT2D eigenvalue weighted by atomic mass is 10.1. The summed E-state index contributed by atoms with van der Waals surface area (Å²) in [7, 11) is 1.71. The lowest BCUT2D eigenvalue weighted by Gasteiger charge is -2.19. The van der Waals surface area contributed by atoms with E-state index in [0.717, 1.165) is 6.42 Å². The number of halogens is 2. The normalized spacial score (nSPS) is 10.2. The molecule has 0 fully saturated rings. The summed E-state index contributed by atoms with van der Waals surface area (Å²) < 4.78 is 27.2. The maximum Gasteiger partial charge on any atom is 0.182 e. The highest BCUT2D eigenvalue weighted by atomic mass is 32.1. The van der Waals surface area contributed by atoms with E-state index < -0.39 is 11.6 Å². The van der Waals surface area contributed by atoms with Crippen molar-refractivity contribution in [2.24, 2.45) is 5.73 Å². The van der Waals surface area contributed by atoms with Gasteiger partial charge in [-0.25, -0.2) is 8.78 Å². The van der Waals surface area contributed by atoms with Crippen molar-refractivity contribution in [3.63, 3.8) is 0 Å². The van der Waals surface area contributed by atoms with Crippen LogP contribution in [0.1, 0.15) is 18.9 Å². The number of thiocarbonyl (C=S) groups is 1. The first-order valence-corrected chi connectivity index (χ1v) is 5.38. The van der Waals surface area contributed by atoms with Crippen LogP contribution in [-0.2, 0) is 0 Å². The molecular formula is C11H14F2N2S. The third-order valence-electron chi connectivity index (χ3n) is 2.30. The zero-order valence-corrected chi connectivity index (χ0v) is 10.1. The van der Waals surface area contributed by atoms with Gasteiger partial charge in [-0.05, 0) is 18.6 Å². The van der Waals surface area contributed by atoms with Crippen molar-refractivity contribution in [1.29, 1.82) is 0 Å². The lowest BCUT2D eigenvalue weighted by Crippen LogP contribution is -2.21. The number of benzene rings is 1. The largest absolute Gasteiger partial charge is 0.389 e. The van der Waals surface area contributed by atoms with Crippen molar-refractivity contribution in [1.82, 2.24) is 0 Å². The Labute approximate surface area is 99.0 Å². The number of nitrogens with zero attached hydrogens (tertiary/aromatic N) is 1. The Balaban J connectivity index is 3.16. The second-order valence-corrected chi connectivity index (χ2v) is 3.99.